The Morgan fingerprint density at radius 1 is 1.23 bits per heavy atom. The Balaban J connectivity index is 1.90. The molecule has 0 saturated heterocycles. The SMILES string of the molecule is CCCn1nnc(NC(=O)c2cccc3c(Cl)cccc23)n1. The Kier molecular flexibility index (Phi) is 4.02. The summed E-state index contributed by atoms with van der Waals surface area (Å²) in [5.41, 5.74) is 0.520. The van der Waals surface area contributed by atoms with Crippen molar-refractivity contribution in [2.75, 3.05) is 5.32 Å². The van der Waals surface area contributed by atoms with Crippen molar-refractivity contribution in [3.8, 4) is 0 Å². The highest BCUT2D eigenvalue weighted by Crippen LogP contribution is 2.26. The van der Waals surface area contributed by atoms with Gasteiger partial charge in [0.15, 0.2) is 0 Å². The molecule has 1 aromatic heterocycles. The molecule has 0 aliphatic heterocycles. The number of nitrogens with one attached hydrogen (secondary N) is 1. The number of aryl methyl sites for hydroxylation is 1. The molecule has 0 radical (unpaired) electrons. The molecular weight excluding hydrogens is 302 g/mol. The van der Waals surface area contributed by atoms with E-state index >= 15 is 0 Å². The lowest BCUT2D eigenvalue weighted by atomic mass is 10.0. The summed E-state index contributed by atoms with van der Waals surface area (Å²) in [6.45, 7) is 2.67. The summed E-state index contributed by atoms with van der Waals surface area (Å²) in [6.07, 6.45) is 0.894. The Morgan fingerprint density at radius 2 is 2.00 bits per heavy atom. The van der Waals surface area contributed by atoms with Gasteiger partial charge in [-0.15, -0.1) is 5.10 Å². The van der Waals surface area contributed by atoms with Crippen LogP contribution in [-0.2, 0) is 6.54 Å². The number of nitrogens with zero attached hydrogens (tertiary/aromatic N) is 4. The van der Waals surface area contributed by atoms with Crippen LogP contribution in [0.2, 0.25) is 5.02 Å². The Morgan fingerprint density at radius 3 is 2.82 bits per heavy atom. The number of aromatic nitrogens is 4. The van der Waals surface area contributed by atoms with E-state index in [-0.39, 0.29) is 11.9 Å². The number of amides is 1. The van der Waals surface area contributed by atoms with Crippen LogP contribution in [0.25, 0.3) is 10.8 Å². The van der Waals surface area contributed by atoms with Crippen molar-refractivity contribution < 1.29 is 4.79 Å². The van der Waals surface area contributed by atoms with Crippen molar-refractivity contribution in [2.45, 2.75) is 19.9 Å². The van der Waals surface area contributed by atoms with Gasteiger partial charge in [0, 0.05) is 16.0 Å². The van der Waals surface area contributed by atoms with E-state index in [1.54, 1.807) is 18.2 Å². The number of anilines is 1. The van der Waals surface area contributed by atoms with Gasteiger partial charge in [-0.1, -0.05) is 47.9 Å². The quantitative estimate of drug-likeness (QED) is 0.802. The van der Waals surface area contributed by atoms with Gasteiger partial charge >= 0.3 is 0 Å². The fraction of sp³-hybridized carbons (Fsp3) is 0.200. The Bertz CT molecular complexity index is 830. The first kappa shape index (κ1) is 14.5. The second-order valence-corrected chi connectivity index (χ2v) is 5.21. The predicted octanol–water partition coefficient (Wildman–Crippen LogP) is 3.14. The molecule has 0 unspecified atom stereocenters. The highest BCUT2D eigenvalue weighted by Gasteiger charge is 2.13. The van der Waals surface area contributed by atoms with E-state index in [9.17, 15) is 4.79 Å². The molecule has 1 N–H and O–H groups in total. The third-order valence-electron chi connectivity index (χ3n) is 3.22. The maximum atomic E-state index is 12.4. The minimum absolute atomic E-state index is 0.192. The van der Waals surface area contributed by atoms with Crippen LogP contribution in [0, 0.1) is 0 Å². The summed E-state index contributed by atoms with van der Waals surface area (Å²) in [7, 11) is 0. The standard InChI is InChI=1S/C15H14ClN5O/c1-2-9-21-19-15(18-20-21)17-14(22)12-7-3-6-11-10(12)5-4-8-13(11)16/h3-8H,2,9H2,1H3,(H,17,19,22). The number of rotatable bonds is 4. The summed E-state index contributed by atoms with van der Waals surface area (Å²) in [4.78, 5) is 13.9. The van der Waals surface area contributed by atoms with Gasteiger partial charge < -0.3 is 0 Å². The second-order valence-electron chi connectivity index (χ2n) is 4.80. The van der Waals surface area contributed by atoms with Crippen LogP contribution in [0.3, 0.4) is 0 Å². The van der Waals surface area contributed by atoms with Crippen molar-refractivity contribution in [3.05, 3.63) is 47.0 Å². The van der Waals surface area contributed by atoms with Crippen molar-refractivity contribution in [1.82, 2.24) is 20.2 Å². The number of fused-ring (bicyclic) bond motifs is 1. The molecule has 3 rings (SSSR count). The summed E-state index contributed by atoms with van der Waals surface area (Å²) >= 11 is 6.16. The smallest absolute Gasteiger partial charge is 0.270 e. The van der Waals surface area contributed by atoms with E-state index in [2.05, 4.69) is 20.7 Å². The average Bonchev–Trinajstić information content (AvgIpc) is 2.95. The van der Waals surface area contributed by atoms with E-state index < -0.39 is 0 Å². The highest BCUT2D eigenvalue weighted by molar-refractivity contribution is 6.36. The van der Waals surface area contributed by atoms with E-state index in [1.165, 1.54) is 4.80 Å². The van der Waals surface area contributed by atoms with E-state index in [0.717, 1.165) is 17.2 Å². The zero-order valence-corrected chi connectivity index (χ0v) is 12.7. The van der Waals surface area contributed by atoms with Crippen LogP contribution in [0.1, 0.15) is 23.7 Å². The third kappa shape index (κ3) is 2.78. The van der Waals surface area contributed by atoms with Crippen molar-refractivity contribution in [1.29, 1.82) is 0 Å². The van der Waals surface area contributed by atoms with Gasteiger partial charge in [0.2, 0.25) is 0 Å². The first-order valence-electron chi connectivity index (χ1n) is 6.95. The molecule has 1 heterocycles. The molecule has 1 amide bonds. The molecule has 6 nitrogen and oxygen atoms in total. The molecular formula is C15H14ClN5O. The predicted molar refractivity (Wildman–Crippen MR) is 85.0 cm³/mol. The third-order valence-corrected chi connectivity index (χ3v) is 3.54. The molecule has 3 aromatic rings. The molecule has 22 heavy (non-hydrogen) atoms. The molecule has 7 heteroatoms. The summed E-state index contributed by atoms with van der Waals surface area (Å²) in [6, 6.07) is 10.9. The fourth-order valence-corrected chi connectivity index (χ4v) is 2.46. The largest absolute Gasteiger partial charge is 0.288 e. The lowest BCUT2D eigenvalue weighted by molar-refractivity contribution is 0.102. The number of halogens is 1. The highest BCUT2D eigenvalue weighted by atomic mass is 35.5. The number of carbonyl (C=O) groups is 1. The number of hydrogen-bond donors (Lipinski definition) is 1. The fourth-order valence-electron chi connectivity index (χ4n) is 2.23. The molecule has 0 aliphatic carbocycles. The molecule has 0 fully saturated rings. The number of tetrazole rings is 1. The number of hydrogen-bond acceptors (Lipinski definition) is 4. The molecule has 0 aliphatic rings. The van der Waals surface area contributed by atoms with Crippen LogP contribution in [0.15, 0.2) is 36.4 Å². The molecule has 0 saturated carbocycles. The van der Waals surface area contributed by atoms with E-state index in [0.29, 0.717) is 17.1 Å². The maximum Gasteiger partial charge on any atom is 0.270 e. The molecule has 0 bridgehead atoms. The minimum Gasteiger partial charge on any atom is -0.288 e. The summed E-state index contributed by atoms with van der Waals surface area (Å²) < 4.78 is 0. The van der Waals surface area contributed by atoms with Gasteiger partial charge in [-0.25, -0.2) is 0 Å². The topological polar surface area (TPSA) is 72.7 Å². The number of benzene rings is 2. The van der Waals surface area contributed by atoms with E-state index in [4.69, 9.17) is 11.6 Å². The molecule has 2 aromatic carbocycles. The number of carbonyl (C=O) groups excluding carboxylic acids is 1. The average molecular weight is 316 g/mol. The Labute approximate surface area is 132 Å². The zero-order chi connectivity index (χ0) is 15.5. The first-order chi connectivity index (χ1) is 10.7. The molecule has 0 spiro atoms. The first-order valence-corrected chi connectivity index (χ1v) is 7.33. The summed E-state index contributed by atoms with van der Waals surface area (Å²) in [5.74, 6) is -0.0959. The van der Waals surface area contributed by atoms with Crippen molar-refractivity contribution in [3.63, 3.8) is 0 Å². The minimum atomic E-state index is -0.288. The van der Waals surface area contributed by atoms with Crippen molar-refractivity contribution in [2.24, 2.45) is 0 Å². The van der Waals surface area contributed by atoms with Crippen LogP contribution < -0.4 is 5.32 Å². The Hall–Kier alpha value is -2.47. The van der Waals surface area contributed by atoms with Gasteiger partial charge in [0.05, 0.1) is 6.54 Å². The maximum absolute atomic E-state index is 12.4. The molecule has 0 atom stereocenters. The van der Waals surface area contributed by atoms with Crippen LogP contribution >= 0.6 is 11.6 Å². The van der Waals surface area contributed by atoms with Gasteiger partial charge in [-0.2, -0.15) is 4.80 Å². The lowest BCUT2D eigenvalue weighted by Crippen LogP contribution is -2.14. The molecule has 112 valence electrons. The van der Waals surface area contributed by atoms with Crippen molar-refractivity contribution >= 4 is 34.2 Å². The van der Waals surface area contributed by atoms with Crippen LogP contribution in [0.4, 0.5) is 5.95 Å². The van der Waals surface area contributed by atoms with Gasteiger partial charge in [0.25, 0.3) is 11.9 Å². The summed E-state index contributed by atoms with van der Waals surface area (Å²) in [5, 5.41) is 16.7. The van der Waals surface area contributed by atoms with Crippen LogP contribution in [0.5, 0.6) is 0 Å². The monoisotopic (exact) mass is 315 g/mol. The lowest BCUT2D eigenvalue weighted by Gasteiger charge is -2.06. The van der Waals surface area contributed by atoms with Crippen LogP contribution in [-0.4, -0.2) is 26.1 Å². The van der Waals surface area contributed by atoms with Gasteiger partial charge in [-0.05, 0) is 29.2 Å². The normalized spacial score (nSPS) is 10.8. The van der Waals surface area contributed by atoms with E-state index in [1.807, 2.05) is 25.1 Å². The van der Waals surface area contributed by atoms with Gasteiger partial charge in [0.1, 0.15) is 0 Å². The van der Waals surface area contributed by atoms with Gasteiger partial charge in [-0.3, -0.25) is 10.1 Å². The second kappa shape index (κ2) is 6.11. The zero-order valence-electron chi connectivity index (χ0n) is 12.0.